The number of hydrogen-bond donors (Lipinski definition) is 1. The maximum atomic E-state index is 6.04. The lowest BCUT2D eigenvalue weighted by molar-refractivity contribution is 0.248. The second-order valence-electron chi connectivity index (χ2n) is 4.30. The van der Waals surface area contributed by atoms with Crippen LogP contribution in [0.3, 0.4) is 0 Å². The van der Waals surface area contributed by atoms with Crippen molar-refractivity contribution < 1.29 is 9.26 Å². The van der Waals surface area contributed by atoms with Crippen molar-refractivity contribution in [3.05, 3.63) is 45.8 Å². The van der Waals surface area contributed by atoms with Crippen LogP contribution in [0.2, 0.25) is 10.0 Å². The second kappa shape index (κ2) is 7.53. The first-order valence-corrected chi connectivity index (χ1v) is 7.18. The van der Waals surface area contributed by atoms with Crippen molar-refractivity contribution in [1.29, 1.82) is 0 Å². The number of benzene rings is 1. The molecule has 0 spiro atoms. The van der Waals surface area contributed by atoms with E-state index >= 15 is 0 Å². The molecule has 0 atom stereocenters. The molecule has 0 amide bonds. The van der Waals surface area contributed by atoms with E-state index in [0.717, 1.165) is 18.7 Å². The smallest absolute Gasteiger partial charge is 0.174 e. The van der Waals surface area contributed by atoms with Gasteiger partial charge in [0.05, 0.1) is 10.7 Å². The van der Waals surface area contributed by atoms with Gasteiger partial charge in [-0.2, -0.15) is 0 Å². The molecule has 0 saturated heterocycles. The van der Waals surface area contributed by atoms with Crippen LogP contribution in [0.25, 0.3) is 0 Å². The van der Waals surface area contributed by atoms with E-state index in [2.05, 4.69) is 17.4 Å². The number of ether oxygens (including phenoxy) is 1. The van der Waals surface area contributed by atoms with E-state index in [4.69, 9.17) is 32.5 Å². The summed E-state index contributed by atoms with van der Waals surface area (Å²) < 4.78 is 10.8. The van der Waals surface area contributed by atoms with E-state index in [1.54, 1.807) is 18.2 Å². The highest BCUT2D eigenvalue weighted by Gasteiger charge is 2.08. The van der Waals surface area contributed by atoms with E-state index < -0.39 is 0 Å². The lowest BCUT2D eigenvalue weighted by Crippen LogP contribution is -2.13. The molecule has 1 aromatic carbocycles. The Hall–Kier alpha value is -1.23. The summed E-state index contributed by atoms with van der Waals surface area (Å²) in [5.41, 5.74) is 0.856. The van der Waals surface area contributed by atoms with Crippen LogP contribution >= 0.6 is 23.2 Å². The van der Waals surface area contributed by atoms with Crippen LogP contribution < -0.4 is 10.1 Å². The third kappa shape index (κ3) is 4.13. The minimum absolute atomic E-state index is 0.265. The standard InChI is InChI=1S/C14H16Cl2N2O2/c1-2-6-17-8-10-7-11(20-18-10)9-19-13-5-3-4-12(15)14(13)16/h3-5,7,17H,2,6,8-9H2,1H3. The van der Waals surface area contributed by atoms with Crippen molar-refractivity contribution in [1.82, 2.24) is 10.5 Å². The first-order chi connectivity index (χ1) is 9.70. The van der Waals surface area contributed by atoms with E-state index in [1.807, 2.05) is 6.07 Å². The fourth-order valence-corrected chi connectivity index (χ4v) is 1.99. The highest BCUT2D eigenvalue weighted by atomic mass is 35.5. The molecule has 0 aliphatic heterocycles. The van der Waals surface area contributed by atoms with Gasteiger partial charge in [0.1, 0.15) is 17.4 Å². The van der Waals surface area contributed by atoms with Crippen molar-refractivity contribution in [2.24, 2.45) is 0 Å². The molecule has 0 fully saturated rings. The van der Waals surface area contributed by atoms with Gasteiger partial charge in [0, 0.05) is 12.6 Å². The summed E-state index contributed by atoms with van der Waals surface area (Å²) in [4.78, 5) is 0. The number of rotatable bonds is 7. The molecule has 1 N–H and O–H groups in total. The number of halogens is 2. The Morgan fingerprint density at radius 2 is 2.20 bits per heavy atom. The van der Waals surface area contributed by atoms with Gasteiger partial charge in [-0.05, 0) is 25.1 Å². The minimum Gasteiger partial charge on any atom is -0.484 e. The molecule has 6 heteroatoms. The molecular weight excluding hydrogens is 299 g/mol. The predicted molar refractivity (Wildman–Crippen MR) is 79.3 cm³/mol. The Kier molecular flexibility index (Phi) is 5.71. The summed E-state index contributed by atoms with van der Waals surface area (Å²) in [7, 11) is 0. The highest BCUT2D eigenvalue weighted by Crippen LogP contribution is 2.31. The number of hydrogen-bond acceptors (Lipinski definition) is 4. The topological polar surface area (TPSA) is 47.3 Å². The summed E-state index contributed by atoms with van der Waals surface area (Å²) >= 11 is 12.0. The molecule has 1 heterocycles. The number of nitrogens with zero attached hydrogens (tertiary/aromatic N) is 1. The molecule has 0 radical (unpaired) electrons. The zero-order valence-corrected chi connectivity index (χ0v) is 12.7. The van der Waals surface area contributed by atoms with Gasteiger partial charge in [0.25, 0.3) is 0 Å². The third-order valence-electron chi connectivity index (χ3n) is 2.63. The summed E-state index contributed by atoms with van der Waals surface area (Å²) in [5, 5.41) is 8.08. The zero-order chi connectivity index (χ0) is 14.4. The molecule has 0 saturated carbocycles. The molecule has 2 aromatic rings. The Morgan fingerprint density at radius 1 is 1.35 bits per heavy atom. The fourth-order valence-electron chi connectivity index (χ4n) is 1.64. The average molecular weight is 315 g/mol. The van der Waals surface area contributed by atoms with Gasteiger partial charge >= 0.3 is 0 Å². The third-order valence-corrected chi connectivity index (χ3v) is 3.43. The van der Waals surface area contributed by atoms with Gasteiger partial charge < -0.3 is 14.6 Å². The van der Waals surface area contributed by atoms with Crippen molar-refractivity contribution in [3.63, 3.8) is 0 Å². The molecule has 20 heavy (non-hydrogen) atoms. The van der Waals surface area contributed by atoms with Crippen molar-refractivity contribution in [2.75, 3.05) is 6.54 Å². The van der Waals surface area contributed by atoms with Crippen LogP contribution in [0.1, 0.15) is 24.8 Å². The summed E-state index contributed by atoms with van der Waals surface area (Å²) in [5.74, 6) is 1.18. The van der Waals surface area contributed by atoms with Crippen LogP contribution in [0, 0.1) is 0 Å². The molecule has 0 aliphatic rings. The second-order valence-corrected chi connectivity index (χ2v) is 5.09. The lowest BCUT2D eigenvalue weighted by Gasteiger charge is -2.06. The summed E-state index contributed by atoms with van der Waals surface area (Å²) in [6.45, 7) is 4.02. The van der Waals surface area contributed by atoms with Crippen LogP contribution in [0.5, 0.6) is 5.75 Å². The minimum atomic E-state index is 0.265. The average Bonchev–Trinajstić information content (AvgIpc) is 2.89. The Morgan fingerprint density at radius 3 is 3.00 bits per heavy atom. The first-order valence-electron chi connectivity index (χ1n) is 6.42. The largest absolute Gasteiger partial charge is 0.484 e. The van der Waals surface area contributed by atoms with E-state index in [1.165, 1.54) is 0 Å². The molecule has 0 unspecified atom stereocenters. The van der Waals surface area contributed by atoms with Crippen molar-refractivity contribution >= 4 is 23.2 Å². The molecular formula is C14H16Cl2N2O2. The summed E-state index contributed by atoms with van der Waals surface area (Å²) in [6, 6.07) is 7.11. The number of nitrogens with one attached hydrogen (secondary N) is 1. The van der Waals surface area contributed by atoms with Gasteiger partial charge in [-0.1, -0.05) is 41.3 Å². The zero-order valence-electron chi connectivity index (χ0n) is 11.2. The van der Waals surface area contributed by atoms with Crippen LogP contribution in [0.15, 0.2) is 28.8 Å². The van der Waals surface area contributed by atoms with Gasteiger partial charge in [0.15, 0.2) is 5.76 Å². The maximum absolute atomic E-state index is 6.04. The molecule has 4 nitrogen and oxygen atoms in total. The Balaban J connectivity index is 1.89. The Labute approximate surface area is 128 Å². The van der Waals surface area contributed by atoms with Crippen LogP contribution in [0.4, 0.5) is 0 Å². The van der Waals surface area contributed by atoms with Crippen molar-refractivity contribution in [2.45, 2.75) is 26.5 Å². The van der Waals surface area contributed by atoms with Crippen molar-refractivity contribution in [3.8, 4) is 5.75 Å². The maximum Gasteiger partial charge on any atom is 0.174 e. The van der Waals surface area contributed by atoms with Gasteiger partial charge in [-0.3, -0.25) is 0 Å². The van der Waals surface area contributed by atoms with Gasteiger partial charge in [0.2, 0.25) is 0 Å². The normalized spacial score (nSPS) is 10.8. The van der Waals surface area contributed by atoms with Crippen LogP contribution in [-0.2, 0) is 13.2 Å². The monoisotopic (exact) mass is 314 g/mol. The van der Waals surface area contributed by atoms with E-state index in [-0.39, 0.29) is 6.61 Å². The van der Waals surface area contributed by atoms with E-state index in [0.29, 0.717) is 28.1 Å². The molecule has 0 aliphatic carbocycles. The van der Waals surface area contributed by atoms with E-state index in [9.17, 15) is 0 Å². The predicted octanol–water partition coefficient (Wildman–Crippen LogP) is 4.06. The fraction of sp³-hybridized carbons (Fsp3) is 0.357. The molecule has 2 rings (SSSR count). The highest BCUT2D eigenvalue weighted by molar-refractivity contribution is 6.42. The lowest BCUT2D eigenvalue weighted by atomic mass is 10.3. The van der Waals surface area contributed by atoms with Gasteiger partial charge in [-0.25, -0.2) is 0 Å². The molecule has 108 valence electrons. The molecule has 1 aromatic heterocycles. The van der Waals surface area contributed by atoms with Crippen LogP contribution in [-0.4, -0.2) is 11.7 Å². The first kappa shape index (κ1) is 15.2. The SMILES string of the molecule is CCCNCc1cc(COc2cccc(Cl)c2Cl)on1. The number of aromatic nitrogens is 1. The Bertz CT molecular complexity index is 558. The molecule has 0 bridgehead atoms. The quantitative estimate of drug-likeness (QED) is 0.783. The van der Waals surface area contributed by atoms with Gasteiger partial charge in [-0.15, -0.1) is 0 Å². The summed E-state index contributed by atoms with van der Waals surface area (Å²) in [6.07, 6.45) is 1.08.